The van der Waals surface area contributed by atoms with Gasteiger partial charge in [0.1, 0.15) is 4.75 Å². The second kappa shape index (κ2) is 2.65. The smallest absolute Gasteiger partial charge is 0.104 e. The van der Waals surface area contributed by atoms with E-state index >= 15 is 0 Å². The van der Waals surface area contributed by atoms with E-state index in [-0.39, 0.29) is 4.75 Å². The maximum Gasteiger partial charge on any atom is 0.104 e. The molecular weight excluding hydrogens is 170 g/mol. The van der Waals surface area contributed by atoms with Crippen LogP contribution in [-0.2, 0) is 4.74 Å². The Morgan fingerprint density at radius 2 is 2.17 bits per heavy atom. The Morgan fingerprint density at radius 1 is 1.50 bits per heavy atom. The largest absolute Gasteiger partial charge is 0.380 e. The molecule has 0 bridgehead atoms. The van der Waals surface area contributed by atoms with E-state index in [1.807, 2.05) is 0 Å². The van der Waals surface area contributed by atoms with Crippen LogP contribution in [0.4, 0.5) is 0 Å². The van der Waals surface area contributed by atoms with Gasteiger partial charge in [-0.3, -0.25) is 0 Å². The molecule has 2 aliphatic rings. The van der Waals surface area contributed by atoms with Crippen LogP contribution in [0.3, 0.4) is 0 Å². The Balaban J connectivity index is 1.94. The number of rotatable bonds is 2. The van der Waals surface area contributed by atoms with E-state index in [0.717, 1.165) is 31.8 Å². The molecule has 12 heavy (non-hydrogen) atoms. The summed E-state index contributed by atoms with van der Waals surface area (Å²) in [6.45, 7) is 3.90. The van der Waals surface area contributed by atoms with Crippen LogP contribution in [0.25, 0.3) is 0 Å². The van der Waals surface area contributed by atoms with E-state index < -0.39 is 0 Å². The summed E-state index contributed by atoms with van der Waals surface area (Å²) in [5.74, 6) is 1.05. The summed E-state index contributed by atoms with van der Waals surface area (Å²) in [5, 5.41) is 9.01. The van der Waals surface area contributed by atoms with Gasteiger partial charge < -0.3 is 4.74 Å². The second-order valence-corrected chi connectivity index (χ2v) is 5.53. The number of nitrogens with zero attached hydrogens (tertiary/aromatic N) is 1. The molecule has 1 heterocycles. The van der Waals surface area contributed by atoms with Crippen LogP contribution in [0.2, 0.25) is 0 Å². The number of thioether (sulfide) groups is 1. The zero-order chi connectivity index (χ0) is 8.66. The molecule has 0 aromatic rings. The Hall–Kier alpha value is -0.200. The summed E-state index contributed by atoms with van der Waals surface area (Å²) in [6, 6.07) is 2.45. The first-order valence-corrected chi connectivity index (χ1v) is 5.36. The predicted octanol–water partition coefficient (Wildman–Crippen LogP) is 1.81. The SMILES string of the molecule is CCSC1(C#N)CC2(COC2)C1. The van der Waals surface area contributed by atoms with Crippen LogP contribution >= 0.6 is 11.8 Å². The first kappa shape index (κ1) is 8.40. The van der Waals surface area contributed by atoms with Gasteiger partial charge in [-0.05, 0) is 18.6 Å². The van der Waals surface area contributed by atoms with Crippen molar-refractivity contribution < 1.29 is 4.74 Å². The summed E-state index contributed by atoms with van der Waals surface area (Å²) in [7, 11) is 0. The molecule has 0 unspecified atom stereocenters. The molecule has 2 nitrogen and oxygen atoms in total. The van der Waals surface area contributed by atoms with E-state index in [2.05, 4.69) is 13.0 Å². The molecule has 0 aromatic carbocycles. The fraction of sp³-hybridized carbons (Fsp3) is 0.889. The molecule has 1 aliphatic heterocycles. The monoisotopic (exact) mass is 183 g/mol. The second-order valence-electron chi connectivity index (χ2n) is 3.89. The number of ether oxygens (including phenoxy) is 1. The van der Waals surface area contributed by atoms with Crippen molar-refractivity contribution in [3.63, 3.8) is 0 Å². The maximum atomic E-state index is 9.01. The van der Waals surface area contributed by atoms with Gasteiger partial charge in [-0.1, -0.05) is 6.92 Å². The van der Waals surface area contributed by atoms with E-state index in [0.29, 0.717) is 5.41 Å². The Morgan fingerprint density at radius 3 is 2.50 bits per heavy atom. The lowest BCUT2D eigenvalue weighted by molar-refractivity contribution is -0.161. The van der Waals surface area contributed by atoms with E-state index in [1.165, 1.54) is 0 Å². The highest BCUT2D eigenvalue weighted by molar-refractivity contribution is 8.00. The molecule has 0 amide bonds. The van der Waals surface area contributed by atoms with Gasteiger partial charge in [-0.15, -0.1) is 11.8 Å². The fourth-order valence-electron chi connectivity index (χ4n) is 2.24. The van der Waals surface area contributed by atoms with Crippen LogP contribution < -0.4 is 0 Å². The van der Waals surface area contributed by atoms with E-state index in [1.54, 1.807) is 11.8 Å². The number of hydrogen-bond donors (Lipinski definition) is 0. The van der Waals surface area contributed by atoms with Crippen LogP contribution in [0, 0.1) is 16.7 Å². The highest BCUT2D eigenvalue weighted by atomic mass is 32.2. The molecule has 0 aromatic heterocycles. The molecule has 1 saturated carbocycles. The van der Waals surface area contributed by atoms with Crippen molar-refractivity contribution in [2.75, 3.05) is 19.0 Å². The molecule has 0 radical (unpaired) electrons. The van der Waals surface area contributed by atoms with Crippen molar-refractivity contribution in [3.05, 3.63) is 0 Å². The molecule has 1 spiro atoms. The minimum absolute atomic E-state index is 0.0570. The Labute approximate surface area is 77.3 Å². The molecular formula is C9H13NOS. The van der Waals surface area contributed by atoms with Crippen molar-refractivity contribution in [2.45, 2.75) is 24.5 Å². The van der Waals surface area contributed by atoms with Gasteiger partial charge in [0.2, 0.25) is 0 Å². The van der Waals surface area contributed by atoms with E-state index in [4.69, 9.17) is 10.00 Å². The third-order valence-electron chi connectivity index (χ3n) is 2.76. The summed E-state index contributed by atoms with van der Waals surface area (Å²) < 4.78 is 5.12. The summed E-state index contributed by atoms with van der Waals surface area (Å²) in [4.78, 5) is 0. The van der Waals surface area contributed by atoms with Crippen molar-refractivity contribution in [1.29, 1.82) is 5.26 Å². The first-order chi connectivity index (χ1) is 5.74. The third kappa shape index (κ3) is 1.06. The van der Waals surface area contributed by atoms with Crippen LogP contribution in [-0.4, -0.2) is 23.7 Å². The van der Waals surface area contributed by atoms with Crippen LogP contribution in [0.5, 0.6) is 0 Å². The van der Waals surface area contributed by atoms with Gasteiger partial charge in [0.05, 0.1) is 19.3 Å². The van der Waals surface area contributed by atoms with Crippen molar-refractivity contribution >= 4 is 11.8 Å². The average Bonchev–Trinajstić information content (AvgIpc) is 1.92. The molecule has 2 rings (SSSR count). The summed E-state index contributed by atoms with van der Waals surface area (Å²) >= 11 is 1.80. The van der Waals surface area contributed by atoms with Crippen molar-refractivity contribution in [1.82, 2.24) is 0 Å². The normalized spacial score (nSPS) is 28.7. The van der Waals surface area contributed by atoms with Gasteiger partial charge in [-0.25, -0.2) is 0 Å². The van der Waals surface area contributed by atoms with Crippen molar-refractivity contribution in [2.24, 2.45) is 5.41 Å². The van der Waals surface area contributed by atoms with E-state index in [9.17, 15) is 0 Å². The lowest BCUT2D eigenvalue weighted by Crippen LogP contribution is -2.59. The quantitative estimate of drug-likeness (QED) is 0.654. The molecule has 66 valence electrons. The highest BCUT2D eigenvalue weighted by Gasteiger charge is 2.58. The molecule has 0 atom stereocenters. The predicted molar refractivity (Wildman–Crippen MR) is 49.0 cm³/mol. The fourth-order valence-corrected chi connectivity index (χ4v) is 3.68. The first-order valence-electron chi connectivity index (χ1n) is 4.37. The molecule has 0 N–H and O–H groups in total. The minimum Gasteiger partial charge on any atom is -0.380 e. The van der Waals surface area contributed by atoms with Crippen LogP contribution in [0.15, 0.2) is 0 Å². The van der Waals surface area contributed by atoms with Crippen molar-refractivity contribution in [3.8, 4) is 6.07 Å². The van der Waals surface area contributed by atoms with Gasteiger partial charge in [0.25, 0.3) is 0 Å². The lowest BCUT2D eigenvalue weighted by Gasteiger charge is -2.56. The summed E-state index contributed by atoms with van der Waals surface area (Å²) in [6.07, 6.45) is 2.10. The zero-order valence-electron chi connectivity index (χ0n) is 7.30. The maximum absolute atomic E-state index is 9.01. The molecule has 1 saturated heterocycles. The molecule has 3 heteroatoms. The Bertz CT molecular complexity index is 221. The van der Waals surface area contributed by atoms with Crippen LogP contribution in [0.1, 0.15) is 19.8 Å². The lowest BCUT2D eigenvalue weighted by atomic mass is 9.60. The molecule has 1 aliphatic carbocycles. The highest BCUT2D eigenvalue weighted by Crippen LogP contribution is 2.58. The van der Waals surface area contributed by atoms with Gasteiger partial charge >= 0.3 is 0 Å². The van der Waals surface area contributed by atoms with Gasteiger partial charge in [0.15, 0.2) is 0 Å². The minimum atomic E-state index is -0.0570. The van der Waals surface area contributed by atoms with Gasteiger partial charge in [0, 0.05) is 5.41 Å². The summed E-state index contributed by atoms with van der Waals surface area (Å²) in [5.41, 5.74) is 0.415. The number of hydrogen-bond acceptors (Lipinski definition) is 3. The zero-order valence-corrected chi connectivity index (χ0v) is 8.12. The topological polar surface area (TPSA) is 33.0 Å². The third-order valence-corrected chi connectivity index (χ3v) is 3.98. The molecule has 2 fully saturated rings. The number of nitriles is 1. The standard InChI is InChI=1S/C9H13NOS/c1-2-12-9(5-10)3-8(4-9)6-11-7-8/h2-4,6-7H2,1H3. The van der Waals surface area contributed by atoms with Gasteiger partial charge in [-0.2, -0.15) is 5.26 Å². The average molecular weight is 183 g/mol. The Kier molecular flexibility index (Phi) is 1.85.